The number of aliphatic hydroxyl groups is 1. The molecule has 5 heterocycles. The Bertz CT molecular complexity index is 2320. The lowest BCUT2D eigenvalue weighted by atomic mass is 10.0. The zero-order valence-corrected chi connectivity index (χ0v) is 41.1. The molecule has 6 rings (SSSR count). The molecule has 27 heteroatoms. The van der Waals surface area contributed by atoms with Gasteiger partial charge in [-0.05, 0) is 56.3 Å². The molecule has 394 valence electrons. The average molecular weight is 1030 g/mol. The van der Waals surface area contributed by atoms with Crippen LogP contribution in [0, 0.1) is 12.3 Å². The zero-order valence-electron chi connectivity index (χ0n) is 40.3. The number of nitrogens with two attached hydrogens (primary N) is 3. The summed E-state index contributed by atoms with van der Waals surface area (Å²) in [5, 5.41) is 48.8. The van der Waals surface area contributed by atoms with Crippen molar-refractivity contribution in [1.29, 1.82) is 0 Å². The first kappa shape index (κ1) is 56.6. The van der Waals surface area contributed by atoms with Crippen LogP contribution in [0.1, 0.15) is 73.2 Å². The van der Waals surface area contributed by atoms with Crippen molar-refractivity contribution in [3.63, 3.8) is 0 Å². The molecule has 4 aromatic rings. The minimum Gasteiger partial charge on any atom is -1.00 e. The van der Waals surface area contributed by atoms with Gasteiger partial charge in [0.15, 0.2) is 0 Å². The monoisotopic (exact) mass is 1020 g/mol. The fourth-order valence-corrected chi connectivity index (χ4v) is 7.99. The van der Waals surface area contributed by atoms with Crippen LogP contribution in [-0.2, 0) is 35.0 Å². The highest BCUT2D eigenvalue weighted by Gasteiger charge is 2.34. The lowest BCUT2D eigenvalue weighted by molar-refractivity contribution is -0.139. The van der Waals surface area contributed by atoms with Crippen molar-refractivity contribution in [3.05, 3.63) is 53.6 Å². The Morgan fingerprint density at radius 2 is 1.26 bits per heavy atom. The molecule has 0 aliphatic carbocycles. The number of amides is 2. The van der Waals surface area contributed by atoms with Crippen molar-refractivity contribution in [3.8, 4) is 18.1 Å². The predicted molar refractivity (Wildman–Crippen MR) is 258 cm³/mol. The number of aromatic hydroxyl groups is 1. The van der Waals surface area contributed by atoms with E-state index in [1.54, 1.807) is 46.5 Å². The van der Waals surface area contributed by atoms with Crippen molar-refractivity contribution in [2.75, 3.05) is 127 Å². The maximum atomic E-state index is 14.2. The molecule has 2 aliphatic rings. The summed E-state index contributed by atoms with van der Waals surface area (Å²) in [6, 6.07) is 3.81. The quantitative estimate of drug-likeness (QED) is 0.0201. The van der Waals surface area contributed by atoms with E-state index in [1.165, 1.54) is 9.36 Å². The van der Waals surface area contributed by atoms with Gasteiger partial charge in [-0.3, -0.25) is 14.4 Å². The van der Waals surface area contributed by atoms with Gasteiger partial charge in [0.25, 0.3) is 0 Å². The molecule has 10 N–H and O–H groups in total. The summed E-state index contributed by atoms with van der Waals surface area (Å²) in [5.41, 5.74) is 19.9. The molecule has 2 aliphatic heterocycles. The number of hydrogen-bond acceptors (Lipinski definition) is 21. The number of terminal acetylenes is 1. The molecule has 0 bridgehead atoms. The largest absolute Gasteiger partial charge is 1.00 e. The van der Waals surface area contributed by atoms with E-state index < -0.39 is 30.1 Å². The Hall–Kier alpha value is -6.31. The van der Waals surface area contributed by atoms with E-state index in [0.29, 0.717) is 134 Å². The molecule has 2 fully saturated rings. The number of aromatic nitrogens is 9. The first-order valence-electron chi connectivity index (χ1n) is 23.9. The molecule has 0 saturated carbocycles. The van der Waals surface area contributed by atoms with Crippen LogP contribution in [0.3, 0.4) is 0 Å². The van der Waals surface area contributed by atoms with Crippen molar-refractivity contribution in [1.82, 2.24) is 54.7 Å². The van der Waals surface area contributed by atoms with Crippen molar-refractivity contribution < 1.29 is 56.3 Å². The van der Waals surface area contributed by atoms with Gasteiger partial charge in [-0.2, -0.15) is 15.0 Å². The molecule has 0 spiro atoms. The number of nitrogens with one attached hydrogen (secondary N) is 1. The van der Waals surface area contributed by atoms with E-state index in [2.05, 4.69) is 31.9 Å². The van der Waals surface area contributed by atoms with Gasteiger partial charge in [-0.1, -0.05) is 28.5 Å². The second kappa shape index (κ2) is 29.3. The van der Waals surface area contributed by atoms with Crippen LogP contribution in [0.15, 0.2) is 36.7 Å². The minimum atomic E-state index is -1.05. The van der Waals surface area contributed by atoms with E-state index in [-0.39, 0.29) is 69.1 Å². The number of aliphatic hydroxyl groups excluding tert-OH is 1. The number of carboxylic acids is 1. The maximum Gasteiger partial charge on any atom is 0.303 e. The summed E-state index contributed by atoms with van der Waals surface area (Å²) in [5.74, 6) is 2.18. The molecule has 3 aromatic heterocycles. The number of piperazine rings is 2. The molecule has 2 amide bonds. The normalized spacial score (nSPS) is 15.6. The average Bonchev–Trinajstić information content (AvgIpc) is 4.09. The number of phenols is 1. The first-order chi connectivity index (χ1) is 34.5. The van der Waals surface area contributed by atoms with Crippen molar-refractivity contribution in [2.24, 2.45) is 17.2 Å². The van der Waals surface area contributed by atoms with Gasteiger partial charge in [0, 0.05) is 65.3 Å². The SMILES string of the molecule is C#CCOCCOCCOCCNc1nc(N2CCN(C(=O)[C@H](CCCCN)n3cc(C(N)CO)nn3)CC2)nc(N2CCN(C(=O)[C@H](CCC(=O)O)n3cc(C(N)Cc4ccc(O)cc4)nn3)CC2)n1.[Cl-]. The summed E-state index contributed by atoms with van der Waals surface area (Å²) in [7, 11) is 0. The predicted octanol–water partition coefficient (Wildman–Crippen LogP) is -4.13. The highest BCUT2D eigenvalue weighted by Crippen LogP contribution is 2.25. The Balaban J connectivity index is 0.00000963. The molecule has 2 unspecified atom stereocenters. The smallest absolute Gasteiger partial charge is 0.303 e. The third-order valence-electron chi connectivity index (χ3n) is 12.0. The molecular formula is C45H67ClN17O9-. The van der Waals surface area contributed by atoms with Gasteiger partial charge >= 0.3 is 5.97 Å². The highest BCUT2D eigenvalue weighted by molar-refractivity contribution is 5.81. The van der Waals surface area contributed by atoms with Crippen LogP contribution in [-0.4, -0.2) is 200 Å². The number of halogens is 1. The van der Waals surface area contributed by atoms with Gasteiger partial charge in [-0.25, -0.2) is 9.36 Å². The molecular weight excluding hydrogens is 958 g/mol. The van der Waals surface area contributed by atoms with Gasteiger partial charge in [0.05, 0.1) is 69.8 Å². The zero-order chi connectivity index (χ0) is 50.5. The summed E-state index contributed by atoms with van der Waals surface area (Å²) in [4.78, 5) is 61.9. The number of carbonyl (C=O) groups is 3. The van der Waals surface area contributed by atoms with Crippen LogP contribution in [0.2, 0.25) is 0 Å². The number of ether oxygens (including phenoxy) is 3. The lowest BCUT2D eigenvalue weighted by Gasteiger charge is -2.38. The Morgan fingerprint density at radius 3 is 1.79 bits per heavy atom. The van der Waals surface area contributed by atoms with Gasteiger partial charge in [-0.15, -0.1) is 16.6 Å². The summed E-state index contributed by atoms with van der Waals surface area (Å²) in [6.07, 6.45) is 10.5. The number of unbranched alkanes of at least 4 members (excludes halogenated alkanes) is 1. The molecule has 4 atom stereocenters. The van der Waals surface area contributed by atoms with E-state index in [1.807, 2.05) is 9.80 Å². The van der Waals surface area contributed by atoms with E-state index in [0.717, 1.165) is 12.0 Å². The topological polar surface area (TPSA) is 343 Å². The van der Waals surface area contributed by atoms with Crippen molar-refractivity contribution in [2.45, 2.75) is 62.7 Å². The standard InChI is InChI=1S/C45H67N17O9.ClH/c1-2-22-69-24-26-71-27-25-70-23-13-49-43-50-44(59-18-14-57(15-19-59)41(67)38(5-3-4-12-46)61-30-37(54-56-61)35(48)31-63)52-45(51-43)60-20-16-58(17-21-60)42(68)39(10-11-40(65)66)62-29-36(53-55-62)34(47)28-32-6-8-33(64)9-7-32;/h1,6-9,29-30,34-35,38-39,63-64H,3-5,10-28,31,46-48H2,(H,65,66)(H,49,50,51,52);1H/p-1/t34?,35?,38-,39-;/m0./s1. The van der Waals surface area contributed by atoms with E-state index >= 15 is 0 Å². The molecule has 1 aromatic carbocycles. The summed E-state index contributed by atoms with van der Waals surface area (Å²) < 4.78 is 19.4. The highest BCUT2D eigenvalue weighted by atomic mass is 35.5. The number of aliphatic carboxylic acids is 1. The number of benzene rings is 1. The maximum absolute atomic E-state index is 14.2. The Kier molecular flexibility index (Phi) is 23.0. The second-order valence-electron chi connectivity index (χ2n) is 17.1. The van der Waals surface area contributed by atoms with Gasteiger partial charge in [0.2, 0.25) is 29.7 Å². The number of phenolic OH excluding ortho intramolecular Hbond substituents is 1. The number of hydrogen-bond donors (Lipinski definition) is 7. The summed E-state index contributed by atoms with van der Waals surface area (Å²) in [6.45, 7) is 5.54. The Labute approximate surface area is 423 Å². The molecule has 72 heavy (non-hydrogen) atoms. The third kappa shape index (κ3) is 16.6. The first-order valence-corrected chi connectivity index (χ1v) is 23.9. The lowest BCUT2D eigenvalue weighted by Crippen LogP contribution is -3.00. The number of carboxylic acid groups (broad SMARTS) is 1. The molecule has 26 nitrogen and oxygen atoms in total. The minimum absolute atomic E-state index is 0. The number of nitrogens with zero attached hydrogens (tertiary/aromatic N) is 13. The Morgan fingerprint density at radius 1 is 0.736 bits per heavy atom. The number of carbonyl (C=O) groups excluding carboxylic acids is 2. The van der Waals surface area contributed by atoms with Crippen LogP contribution >= 0.6 is 0 Å². The number of anilines is 3. The molecule has 2 saturated heterocycles. The van der Waals surface area contributed by atoms with Crippen LogP contribution < -0.4 is 44.7 Å². The number of rotatable bonds is 29. The van der Waals surface area contributed by atoms with Crippen LogP contribution in [0.25, 0.3) is 0 Å². The van der Waals surface area contributed by atoms with Gasteiger partial charge in [0.1, 0.15) is 30.1 Å². The fourth-order valence-electron chi connectivity index (χ4n) is 7.99. The second-order valence-corrected chi connectivity index (χ2v) is 17.1. The van der Waals surface area contributed by atoms with Gasteiger partial charge < -0.3 is 84.1 Å². The van der Waals surface area contributed by atoms with Crippen LogP contribution in [0.5, 0.6) is 5.75 Å². The molecule has 0 radical (unpaired) electrons. The van der Waals surface area contributed by atoms with E-state index in [4.69, 9.17) is 52.8 Å². The van der Waals surface area contributed by atoms with Crippen molar-refractivity contribution >= 4 is 35.6 Å². The fraction of sp³-hybridized carbons (Fsp3) is 0.600. The van der Waals surface area contributed by atoms with E-state index in [9.17, 15) is 29.7 Å². The van der Waals surface area contributed by atoms with Crippen LogP contribution in [0.4, 0.5) is 17.8 Å². The summed E-state index contributed by atoms with van der Waals surface area (Å²) >= 11 is 0. The third-order valence-corrected chi connectivity index (χ3v) is 12.0.